The molecule has 0 spiro atoms. The first-order valence-electron chi connectivity index (χ1n) is 5.41. The maximum atomic E-state index is 11.7. The molecule has 0 fully saturated rings. The van der Waals surface area contributed by atoms with Crippen molar-refractivity contribution < 1.29 is 0 Å². The highest BCUT2D eigenvalue weighted by atomic mass is 127. The zero-order chi connectivity index (χ0) is 12.2. The lowest BCUT2D eigenvalue weighted by Crippen LogP contribution is -2.41. The zero-order valence-corrected chi connectivity index (χ0v) is 12.1. The Hall–Kier alpha value is -0.430. The van der Waals surface area contributed by atoms with E-state index in [1.54, 1.807) is 17.1 Å². The summed E-state index contributed by atoms with van der Waals surface area (Å²) < 4.78 is 2.30. The molecule has 1 aromatic rings. The summed E-state index contributed by atoms with van der Waals surface area (Å²) in [5.41, 5.74) is 0.158. The first kappa shape index (κ1) is 13.6. The molecule has 4 nitrogen and oxygen atoms in total. The predicted molar refractivity (Wildman–Crippen MR) is 73.6 cm³/mol. The van der Waals surface area contributed by atoms with Crippen LogP contribution in [0.3, 0.4) is 0 Å². The van der Waals surface area contributed by atoms with Gasteiger partial charge in [-0.2, -0.15) is 0 Å². The van der Waals surface area contributed by atoms with E-state index in [0.717, 1.165) is 13.0 Å². The maximum Gasteiger partial charge on any atom is 0.266 e. The summed E-state index contributed by atoms with van der Waals surface area (Å²) >= 11 is 2.01. The van der Waals surface area contributed by atoms with Crippen LogP contribution >= 0.6 is 22.6 Å². The van der Waals surface area contributed by atoms with Crippen LogP contribution in [0, 0.1) is 3.57 Å². The van der Waals surface area contributed by atoms with Gasteiger partial charge in [0.2, 0.25) is 0 Å². The van der Waals surface area contributed by atoms with Gasteiger partial charge in [-0.15, -0.1) is 0 Å². The van der Waals surface area contributed by atoms with E-state index in [1.165, 1.54) is 0 Å². The average Bonchev–Trinajstić information content (AvgIpc) is 2.24. The zero-order valence-electron chi connectivity index (χ0n) is 9.96. The van der Waals surface area contributed by atoms with Crippen LogP contribution in [-0.2, 0) is 6.54 Å². The Labute approximate surface area is 110 Å². The number of hydrogen-bond donors (Lipinski definition) is 1. The third kappa shape index (κ3) is 3.86. The Morgan fingerprint density at radius 3 is 2.88 bits per heavy atom. The molecule has 0 saturated heterocycles. The molecule has 16 heavy (non-hydrogen) atoms. The fourth-order valence-electron chi connectivity index (χ4n) is 1.22. The van der Waals surface area contributed by atoms with Crippen molar-refractivity contribution in [1.82, 2.24) is 14.9 Å². The number of nitrogens with one attached hydrogen (secondary N) is 1. The van der Waals surface area contributed by atoms with Gasteiger partial charge in [0.25, 0.3) is 5.56 Å². The second kappa shape index (κ2) is 5.77. The molecule has 1 aromatic heterocycles. The van der Waals surface area contributed by atoms with Crippen molar-refractivity contribution in [3.05, 3.63) is 26.4 Å². The van der Waals surface area contributed by atoms with Crippen LogP contribution in [0.5, 0.6) is 0 Å². The molecule has 0 atom stereocenters. The largest absolute Gasteiger partial charge is 0.310 e. The van der Waals surface area contributed by atoms with E-state index in [1.807, 2.05) is 22.6 Å². The molecule has 1 heterocycles. The minimum atomic E-state index is 0.0340. The lowest BCUT2D eigenvalue weighted by Gasteiger charge is -2.24. The van der Waals surface area contributed by atoms with Crippen molar-refractivity contribution in [1.29, 1.82) is 0 Å². The van der Waals surface area contributed by atoms with Crippen molar-refractivity contribution in [3.8, 4) is 0 Å². The van der Waals surface area contributed by atoms with E-state index < -0.39 is 0 Å². The van der Waals surface area contributed by atoms with Crippen molar-refractivity contribution in [2.24, 2.45) is 0 Å². The molecule has 0 saturated carbocycles. The monoisotopic (exact) mass is 335 g/mol. The van der Waals surface area contributed by atoms with Gasteiger partial charge in [0.1, 0.15) is 0 Å². The smallest absolute Gasteiger partial charge is 0.266 e. The summed E-state index contributed by atoms with van der Waals surface area (Å²) in [6.45, 7) is 7.90. The standard InChI is InChI=1S/C11H18IN3O/c1-4-11(2,3)14-5-6-15-8-13-7-9(12)10(15)16/h7-8,14H,4-6H2,1-3H3. The van der Waals surface area contributed by atoms with Gasteiger partial charge in [0.15, 0.2) is 0 Å². The third-order valence-corrected chi connectivity index (χ3v) is 3.44. The Bertz CT molecular complexity index is 400. The summed E-state index contributed by atoms with van der Waals surface area (Å²) in [5, 5.41) is 3.41. The third-order valence-electron chi connectivity index (χ3n) is 2.70. The first-order valence-corrected chi connectivity index (χ1v) is 6.49. The molecule has 0 unspecified atom stereocenters. The van der Waals surface area contributed by atoms with Crippen LogP contribution in [0.1, 0.15) is 27.2 Å². The molecular weight excluding hydrogens is 317 g/mol. The number of rotatable bonds is 5. The van der Waals surface area contributed by atoms with Gasteiger partial charge in [-0.3, -0.25) is 9.36 Å². The maximum absolute atomic E-state index is 11.7. The van der Waals surface area contributed by atoms with Crippen molar-refractivity contribution in [2.75, 3.05) is 6.54 Å². The van der Waals surface area contributed by atoms with Gasteiger partial charge in [-0.25, -0.2) is 4.98 Å². The second-order valence-corrected chi connectivity index (χ2v) is 5.57. The van der Waals surface area contributed by atoms with Crippen LogP contribution in [0.4, 0.5) is 0 Å². The summed E-state index contributed by atoms with van der Waals surface area (Å²) in [6, 6.07) is 0. The topological polar surface area (TPSA) is 46.9 Å². The fraction of sp³-hybridized carbons (Fsp3) is 0.636. The van der Waals surface area contributed by atoms with Gasteiger partial charge in [-0.05, 0) is 42.9 Å². The van der Waals surface area contributed by atoms with E-state index in [2.05, 4.69) is 31.1 Å². The molecule has 0 bridgehead atoms. The van der Waals surface area contributed by atoms with Gasteiger partial charge < -0.3 is 5.32 Å². The molecule has 0 amide bonds. The molecule has 0 aliphatic rings. The Kier molecular flexibility index (Phi) is 4.91. The predicted octanol–water partition coefficient (Wildman–Crippen LogP) is 1.63. The fourth-order valence-corrected chi connectivity index (χ4v) is 1.69. The molecule has 0 radical (unpaired) electrons. The Morgan fingerprint density at radius 1 is 1.56 bits per heavy atom. The molecule has 0 aliphatic carbocycles. The van der Waals surface area contributed by atoms with E-state index in [-0.39, 0.29) is 11.1 Å². The van der Waals surface area contributed by atoms with E-state index in [9.17, 15) is 4.79 Å². The van der Waals surface area contributed by atoms with Gasteiger partial charge in [0.05, 0.1) is 9.90 Å². The van der Waals surface area contributed by atoms with Crippen LogP contribution in [0.15, 0.2) is 17.3 Å². The molecule has 0 aromatic carbocycles. The second-order valence-electron chi connectivity index (χ2n) is 4.40. The SMILES string of the molecule is CCC(C)(C)NCCn1cncc(I)c1=O. The highest BCUT2D eigenvalue weighted by Crippen LogP contribution is 2.05. The van der Waals surface area contributed by atoms with Crippen molar-refractivity contribution in [3.63, 3.8) is 0 Å². The highest BCUT2D eigenvalue weighted by Gasteiger charge is 2.12. The highest BCUT2D eigenvalue weighted by molar-refractivity contribution is 14.1. The van der Waals surface area contributed by atoms with E-state index >= 15 is 0 Å². The number of nitrogens with zero attached hydrogens (tertiary/aromatic N) is 2. The summed E-state index contributed by atoms with van der Waals surface area (Å²) in [6.07, 6.45) is 4.24. The average molecular weight is 335 g/mol. The molecule has 1 rings (SSSR count). The summed E-state index contributed by atoms with van der Waals surface area (Å²) in [7, 11) is 0. The summed E-state index contributed by atoms with van der Waals surface area (Å²) in [4.78, 5) is 15.7. The van der Waals surface area contributed by atoms with Crippen LogP contribution < -0.4 is 10.9 Å². The van der Waals surface area contributed by atoms with Crippen LogP contribution in [0.2, 0.25) is 0 Å². The number of halogens is 1. The number of aromatic nitrogens is 2. The normalized spacial score (nSPS) is 11.8. The number of hydrogen-bond acceptors (Lipinski definition) is 3. The van der Waals surface area contributed by atoms with E-state index in [4.69, 9.17) is 0 Å². The summed E-state index contributed by atoms with van der Waals surface area (Å²) in [5.74, 6) is 0. The van der Waals surface area contributed by atoms with Crippen LogP contribution in [0.25, 0.3) is 0 Å². The molecule has 1 N–H and O–H groups in total. The quantitative estimate of drug-likeness (QED) is 0.832. The van der Waals surface area contributed by atoms with Crippen LogP contribution in [-0.4, -0.2) is 21.6 Å². The van der Waals surface area contributed by atoms with Crippen molar-refractivity contribution >= 4 is 22.6 Å². The molecule has 0 aliphatic heterocycles. The van der Waals surface area contributed by atoms with E-state index in [0.29, 0.717) is 10.1 Å². The lowest BCUT2D eigenvalue weighted by molar-refractivity contribution is 0.366. The Morgan fingerprint density at radius 2 is 2.25 bits per heavy atom. The van der Waals surface area contributed by atoms with Gasteiger partial charge >= 0.3 is 0 Å². The van der Waals surface area contributed by atoms with Crippen molar-refractivity contribution in [2.45, 2.75) is 39.3 Å². The minimum Gasteiger partial charge on any atom is -0.310 e. The minimum absolute atomic E-state index is 0.0340. The van der Waals surface area contributed by atoms with Gasteiger partial charge in [-0.1, -0.05) is 6.92 Å². The lowest BCUT2D eigenvalue weighted by atomic mass is 10.0. The first-order chi connectivity index (χ1) is 7.46. The molecule has 90 valence electrons. The molecular formula is C11H18IN3O. The molecule has 5 heteroatoms. The van der Waals surface area contributed by atoms with Gasteiger partial charge in [0, 0.05) is 24.8 Å². The Balaban J connectivity index is 2.56.